The van der Waals surface area contributed by atoms with Crippen LogP contribution in [-0.4, -0.2) is 64.5 Å². The summed E-state index contributed by atoms with van der Waals surface area (Å²) >= 11 is 0. The van der Waals surface area contributed by atoms with Gasteiger partial charge in [-0.05, 0) is 70.4 Å². The number of ether oxygens (including phenoxy) is 2. The minimum absolute atomic E-state index is 0.0599. The van der Waals surface area contributed by atoms with Crippen molar-refractivity contribution in [1.29, 1.82) is 10.5 Å². The Morgan fingerprint density at radius 1 is 1.28 bits per heavy atom. The van der Waals surface area contributed by atoms with Crippen LogP contribution in [0.5, 0.6) is 0 Å². The van der Waals surface area contributed by atoms with Gasteiger partial charge in [0, 0.05) is 23.7 Å². The van der Waals surface area contributed by atoms with E-state index in [0.717, 1.165) is 11.1 Å². The maximum Gasteiger partial charge on any atom is 0.335 e. The summed E-state index contributed by atoms with van der Waals surface area (Å²) < 4.78 is 11.6. The third-order valence-electron chi connectivity index (χ3n) is 7.57. The Hall–Kier alpha value is -3.77. The van der Waals surface area contributed by atoms with Crippen molar-refractivity contribution in [2.75, 3.05) is 18.5 Å². The zero-order valence-corrected chi connectivity index (χ0v) is 22.4. The van der Waals surface area contributed by atoms with Gasteiger partial charge in [-0.15, -0.1) is 0 Å². The molecular weight excluding hydrogens is 498 g/mol. The van der Waals surface area contributed by atoms with E-state index in [1.165, 1.54) is 0 Å². The van der Waals surface area contributed by atoms with Crippen LogP contribution in [0.15, 0.2) is 30.3 Å². The van der Waals surface area contributed by atoms with E-state index >= 15 is 0 Å². The van der Waals surface area contributed by atoms with Gasteiger partial charge < -0.3 is 20.1 Å². The molecular formula is C28H33N7O4. The number of carbonyl (C=O) groups is 2. The van der Waals surface area contributed by atoms with E-state index in [0.29, 0.717) is 37.0 Å². The van der Waals surface area contributed by atoms with E-state index in [1.807, 2.05) is 50.0 Å². The van der Waals surface area contributed by atoms with E-state index in [-0.39, 0.29) is 25.0 Å². The molecule has 0 radical (unpaired) electrons. The molecule has 0 aliphatic carbocycles. The number of anilines is 1. The van der Waals surface area contributed by atoms with Gasteiger partial charge in [0.05, 0.1) is 36.1 Å². The number of fused-ring (bicyclic) bond motifs is 2. The molecule has 3 aliphatic rings. The molecule has 4 heterocycles. The summed E-state index contributed by atoms with van der Waals surface area (Å²) in [6.07, 6.45) is 0.727. The molecule has 0 spiro atoms. The first-order valence-corrected chi connectivity index (χ1v) is 13.2. The van der Waals surface area contributed by atoms with Crippen LogP contribution in [0.1, 0.15) is 52.1 Å². The molecule has 39 heavy (non-hydrogen) atoms. The lowest BCUT2D eigenvalue weighted by Crippen LogP contribution is -2.63. The van der Waals surface area contributed by atoms with Gasteiger partial charge >= 0.3 is 5.97 Å². The van der Waals surface area contributed by atoms with Crippen LogP contribution in [0.3, 0.4) is 0 Å². The number of piperidine rings is 1. The average Bonchev–Trinajstić information content (AvgIpc) is 3.28. The summed E-state index contributed by atoms with van der Waals surface area (Å²) in [5.41, 5.74) is 4.05. The number of esters is 1. The number of hydrogen-bond donors (Lipinski definition) is 3. The Bertz CT molecular complexity index is 1350. The lowest BCUT2D eigenvalue weighted by molar-refractivity contribution is -0.180. The van der Waals surface area contributed by atoms with E-state index in [1.54, 1.807) is 6.07 Å². The largest absolute Gasteiger partial charge is 0.458 e. The minimum Gasteiger partial charge on any atom is -0.458 e. The summed E-state index contributed by atoms with van der Waals surface area (Å²) in [5, 5.41) is 28.3. The van der Waals surface area contributed by atoms with E-state index < -0.39 is 35.3 Å². The van der Waals surface area contributed by atoms with Crippen LogP contribution >= 0.6 is 0 Å². The molecule has 3 unspecified atom stereocenters. The molecule has 1 aromatic heterocycles. The van der Waals surface area contributed by atoms with Gasteiger partial charge in [0.1, 0.15) is 23.5 Å². The highest BCUT2D eigenvalue weighted by Gasteiger charge is 2.56. The van der Waals surface area contributed by atoms with Crippen molar-refractivity contribution in [1.82, 2.24) is 20.7 Å². The fourth-order valence-electron chi connectivity index (χ4n) is 5.80. The van der Waals surface area contributed by atoms with Crippen LogP contribution in [0.25, 0.3) is 10.9 Å². The lowest BCUT2D eigenvalue weighted by atomic mass is 9.83. The molecule has 3 N–H and O–H groups in total. The van der Waals surface area contributed by atoms with Gasteiger partial charge in [0.15, 0.2) is 6.10 Å². The zero-order chi connectivity index (χ0) is 27.8. The van der Waals surface area contributed by atoms with Crippen molar-refractivity contribution in [3.63, 3.8) is 0 Å². The zero-order valence-electron chi connectivity index (χ0n) is 22.4. The Labute approximate surface area is 227 Å². The molecule has 11 heteroatoms. The number of nitrogens with one attached hydrogen (secondary N) is 3. The standard InChI is InChI=1S/C28H33N7O4/c1-27(2,3)39-26(37)22-8-10-28(11-12-29,16-38-22)35-21-9-13-31-25(36)23(21)24(34-35)33-18-6-7-20-17(14-18)4-5-19(15-30)32-20/h4-7,14,21-24,33-34H,8-11,13,16H2,1-3H3,(H,31,36)/t21?,22-,23?,24?,28-/m0/s1. The summed E-state index contributed by atoms with van der Waals surface area (Å²) in [5.74, 6) is -0.868. The number of pyridine rings is 1. The second kappa shape index (κ2) is 10.4. The molecule has 3 saturated heterocycles. The van der Waals surface area contributed by atoms with Gasteiger partial charge in [-0.1, -0.05) is 0 Å². The third kappa shape index (κ3) is 5.39. The topological polar surface area (TPSA) is 152 Å². The molecule has 0 saturated carbocycles. The fourth-order valence-corrected chi connectivity index (χ4v) is 5.80. The van der Waals surface area contributed by atoms with Crippen LogP contribution in [0.4, 0.5) is 5.69 Å². The number of hydrogen-bond acceptors (Lipinski definition) is 10. The smallest absolute Gasteiger partial charge is 0.335 e. The Kier molecular flexibility index (Phi) is 7.17. The number of nitriles is 2. The summed E-state index contributed by atoms with van der Waals surface area (Å²) in [6, 6.07) is 13.4. The molecule has 0 bridgehead atoms. The first-order valence-electron chi connectivity index (χ1n) is 13.2. The van der Waals surface area contributed by atoms with E-state index in [9.17, 15) is 14.9 Å². The molecule has 3 fully saturated rings. The Balaban J connectivity index is 1.37. The molecule has 204 valence electrons. The maximum absolute atomic E-state index is 13.1. The van der Waals surface area contributed by atoms with Crippen LogP contribution in [-0.2, 0) is 19.1 Å². The molecule has 3 aliphatic heterocycles. The summed E-state index contributed by atoms with van der Waals surface area (Å²) in [6.45, 7) is 6.16. The van der Waals surface area contributed by atoms with Crippen LogP contribution < -0.4 is 16.1 Å². The highest BCUT2D eigenvalue weighted by Crippen LogP contribution is 2.40. The van der Waals surface area contributed by atoms with Gasteiger partial charge in [-0.2, -0.15) is 10.5 Å². The number of rotatable bonds is 5. The van der Waals surface area contributed by atoms with Crippen LogP contribution in [0.2, 0.25) is 0 Å². The first-order chi connectivity index (χ1) is 18.6. The number of amides is 1. The SMILES string of the molecule is CC(C)(C)OC(=O)[C@@H]1CC[C@@](CC#N)(N2NC(Nc3ccc4nc(C#N)ccc4c3)C3C(=O)NCCC32)CO1. The van der Waals surface area contributed by atoms with Crippen molar-refractivity contribution in [2.45, 2.75) is 75.9 Å². The third-order valence-corrected chi connectivity index (χ3v) is 7.57. The Morgan fingerprint density at radius 2 is 2.10 bits per heavy atom. The highest BCUT2D eigenvalue weighted by molar-refractivity contribution is 5.84. The van der Waals surface area contributed by atoms with Crippen molar-refractivity contribution >= 4 is 28.5 Å². The van der Waals surface area contributed by atoms with E-state index in [4.69, 9.17) is 14.7 Å². The summed E-state index contributed by atoms with van der Waals surface area (Å²) in [4.78, 5) is 30.1. The molecule has 2 aromatic rings. The molecule has 1 aromatic carbocycles. The monoisotopic (exact) mass is 531 g/mol. The van der Waals surface area contributed by atoms with Crippen molar-refractivity contribution in [2.24, 2.45) is 5.92 Å². The number of benzene rings is 1. The van der Waals surface area contributed by atoms with Gasteiger partial charge in [-0.25, -0.2) is 20.2 Å². The number of hydrazine groups is 1. The normalized spacial score (nSPS) is 29.1. The molecule has 5 atom stereocenters. The van der Waals surface area contributed by atoms with Crippen molar-refractivity contribution < 1.29 is 19.1 Å². The number of nitrogens with zero attached hydrogens (tertiary/aromatic N) is 4. The first kappa shape index (κ1) is 26.8. The number of aromatic nitrogens is 1. The van der Waals surface area contributed by atoms with Crippen molar-refractivity contribution in [3.8, 4) is 12.1 Å². The lowest BCUT2D eigenvalue weighted by Gasteiger charge is -2.47. The fraction of sp³-hybridized carbons (Fsp3) is 0.536. The predicted molar refractivity (Wildman–Crippen MR) is 142 cm³/mol. The van der Waals surface area contributed by atoms with Crippen LogP contribution in [0, 0.1) is 28.6 Å². The molecule has 5 rings (SSSR count). The number of carbonyl (C=O) groups excluding carboxylic acids is 2. The molecule has 11 nitrogen and oxygen atoms in total. The predicted octanol–water partition coefficient (Wildman–Crippen LogP) is 2.34. The van der Waals surface area contributed by atoms with Gasteiger partial charge in [-0.3, -0.25) is 4.79 Å². The van der Waals surface area contributed by atoms with Gasteiger partial charge in [0.2, 0.25) is 5.91 Å². The average molecular weight is 532 g/mol. The second-order valence-electron chi connectivity index (χ2n) is 11.4. The maximum atomic E-state index is 13.1. The highest BCUT2D eigenvalue weighted by atomic mass is 16.6. The van der Waals surface area contributed by atoms with Crippen molar-refractivity contribution in [3.05, 3.63) is 36.0 Å². The summed E-state index contributed by atoms with van der Waals surface area (Å²) in [7, 11) is 0. The quantitative estimate of drug-likeness (QED) is 0.490. The Morgan fingerprint density at radius 3 is 2.79 bits per heavy atom. The molecule has 1 amide bonds. The van der Waals surface area contributed by atoms with E-state index in [2.05, 4.69) is 33.2 Å². The van der Waals surface area contributed by atoms with Gasteiger partial charge in [0.25, 0.3) is 0 Å². The second-order valence-corrected chi connectivity index (χ2v) is 11.4. The minimum atomic E-state index is -0.703.